The van der Waals surface area contributed by atoms with Gasteiger partial charge in [0.25, 0.3) is 5.91 Å². The van der Waals surface area contributed by atoms with E-state index in [2.05, 4.69) is 15.0 Å². The summed E-state index contributed by atoms with van der Waals surface area (Å²) in [6.07, 6.45) is 1.97. The van der Waals surface area contributed by atoms with E-state index in [1.165, 1.54) is 29.7 Å². The van der Waals surface area contributed by atoms with E-state index < -0.39 is 17.5 Å². The summed E-state index contributed by atoms with van der Waals surface area (Å²) in [6.45, 7) is 0.417. The average molecular weight is 451 g/mol. The van der Waals surface area contributed by atoms with Crippen LogP contribution in [0.3, 0.4) is 0 Å². The van der Waals surface area contributed by atoms with E-state index in [1.807, 2.05) is 6.07 Å². The number of nitrogens with two attached hydrogens (primary N) is 2. The largest absolute Gasteiger partial charge is 0.491 e. The highest BCUT2D eigenvalue weighted by molar-refractivity contribution is 7.19. The summed E-state index contributed by atoms with van der Waals surface area (Å²) in [6, 6.07) is 8.33. The minimum atomic E-state index is -0.768. The van der Waals surface area contributed by atoms with Crippen molar-refractivity contribution in [2.75, 3.05) is 12.3 Å². The first-order chi connectivity index (χ1) is 15.4. The van der Waals surface area contributed by atoms with Crippen LogP contribution >= 0.6 is 11.3 Å². The second-order valence-corrected chi connectivity index (χ2v) is 8.14. The van der Waals surface area contributed by atoms with Crippen molar-refractivity contribution in [1.82, 2.24) is 15.0 Å². The monoisotopic (exact) mass is 451 g/mol. The summed E-state index contributed by atoms with van der Waals surface area (Å²) >= 11 is 1.35. The van der Waals surface area contributed by atoms with Crippen LogP contribution in [0.5, 0.6) is 5.75 Å². The van der Waals surface area contributed by atoms with Crippen LogP contribution in [0.4, 0.5) is 14.6 Å². The topological polar surface area (TPSA) is 117 Å². The third kappa shape index (κ3) is 3.44. The molecule has 7 nitrogen and oxygen atoms in total. The molecule has 5 rings (SSSR count). The van der Waals surface area contributed by atoms with Crippen LogP contribution in [0.15, 0.2) is 42.6 Å². The lowest BCUT2D eigenvalue weighted by Gasteiger charge is -2.09. The third-order valence-electron chi connectivity index (χ3n) is 4.97. The fraction of sp³-hybridized carbons (Fsp3) is 0.0909. The summed E-state index contributed by atoms with van der Waals surface area (Å²) in [5.41, 5.74) is 13.5. The lowest BCUT2D eigenvalue weighted by molar-refractivity contribution is 0.0995. The first kappa shape index (κ1) is 20.0. The Morgan fingerprint density at radius 1 is 1.06 bits per heavy atom. The standard InChI is InChI=1S/C22H15F2N5O2S/c23-11-1-2-12(13(24)8-11)18-20(27-9-17(25)29-18)16-7-10-5-6-31-15-4-3-14(22(26)30)28-19(15)21(10)32-16/h1-4,7-9H,5-6H2,(H2,25,29)(H2,26,30). The number of benzene rings is 1. The molecule has 160 valence electrons. The number of ether oxygens (including phenoxy) is 1. The number of carbonyl (C=O) groups excluding carboxylic acids is 1. The van der Waals surface area contributed by atoms with Crippen LogP contribution in [-0.4, -0.2) is 27.5 Å². The number of nitrogens with zero attached hydrogens (tertiary/aromatic N) is 3. The van der Waals surface area contributed by atoms with Gasteiger partial charge in [0.15, 0.2) is 0 Å². The van der Waals surface area contributed by atoms with Crippen molar-refractivity contribution >= 4 is 23.1 Å². The Morgan fingerprint density at radius 2 is 1.91 bits per heavy atom. The molecule has 0 radical (unpaired) electrons. The van der Waals surface area contributed by atoms with Gasteiger partial charge in [-0.3, -0.25) is 4.79 Å². The van der Waals surface area contributed by atoms with Crippen molar-refractivity contribution in [1.29, 1.82) is 0 Å². The maximum Gasteiger partial charge on any atom is 0.267 e. The number of thiophene rings is 1. The molecule has 3 aromatic heterocycles. The zero-order valence-electron chi connectivity index (χ0n) is 16.4. The van der Waals surface area contributed by atoms with Crippen LogP contribution in [0, 0.1) is 11.6 Å². The average Bonchev–Trinajstić information content (AvgIpc) is 3.10. The van der Waals surface area contributed by atoms with Gasteiger partial charge in [-0.2, -0.15) is 0 Å². The van der Waals surface area contributed by atoms with Gasteiger partial charge in [0.1, 0.15) is 46.0 Å². The molecule has 0 bridgehead atoms. The highest BCUT2D eigenvalue weighted by Crippen LogP contribution is 2.44. The zero-order chi connectivity index (χ0) is 22.4. The molecule has 0 atom stereocenters. The number of pyridine rings is 1. The minimum absolute atomic E-state index is 0.0858. The lowest BCUT2D eigenvalue weighted by Crippen LogP contribution is -2.13. The Bertz CT molecular complexity index is 1390. The molecule has 0 spiro atoms. The Kier molecular flexibility index (Phi) is 4.78. The van der Waals surface area contributed by atoms with E-state index in [4.69, 9.17) is 16.2 Å². The van der Waals surface area contributed by atoms with Gasteiger partial charge in [-0.05, 0) is 35.9 Å². The number of carbonyl (C=O) groups is 1. The van der Waals surface area contributed by atoms with Crippen molar-refractivity contribution < 1.29 is 18.3 Å². The number of nitrogen functional groups attached to an aromatic ring is 1. The van der Waals surface area contributed by atoms with Gasteiger partial charge in [0, 0.05) is 18.1 Å². The van der Waals surface area contributed by atoms with Gasteiger partial charge in [0.2, 0.25) is 0 Å². The Labute approximate surface area is 184 Å². The maximum atomic E-state index is 14.5. The summed E-state index contributed by atoms with van der Waals surface area (Å²) in [5, 5.41) is 0. The molecule has 4 N–H and O–H groups in total. The second-order valence-electron chi connectivity index (χ2n) is 7.09. The quantitative estimate of drug-likeness (QED) is 0.489. The molecular weight excluding hydrogens is 436 g/mol. The predicted octanol–water partition coefficient (Wildman–Crippen LogP) is 3.83. The first-order valence-electron chi connectivity index (χ1n) is 9.56. The summed E-state index contributed by atoms with van der Waals surface area (Å²) < 4.78 is 33.8. The molecule has 1 amide bonds. The van der Waals surface area contributed by atoms with E-state index >= 15 is 0 Å². The molecule has 0 saturated carbocycles. The molecule has 1 aromatic carbocycles. The number of amides is 1. The second kappa shape index (κ2) is 7.65. The highest BCUT2D eigenvalue weighted by Gasteiger charge is 2.24. The van der Waals surface area contributed by atoms with Gasteiger partial charge < -0.3 is 16.2 Å². The van der Waals surface area contributed by atoms with Crippen molar-refractivity contribution in [2.45, 2.75) is 6.42 Å². The fourth-order valence-corrected chi connectivity index (χ4v) is 4.72. The minimum Gasteiger partial charge on any atom is -0.491 e. The van der Waals surface area contributed by atoms with Crippen molar-refractivity contribution in [2.24, 2.45) is 5.73 Å². The molecule has 1 aliphatic heterocycles. The smallest absolute Gasteiger partial charge is 0.267 e. The molecular formula is C22H15F2N5O2S. The Hall–Kier alpha value is -3.92. The number of rotatable bonds is 3. The van der Waals surface area contributed by atoms with Crippen LogP contribution in [0.2, 0.25) is 0 Å². The van der Waals surface area contributed by atoms with E-state index in [9.17, 15) is 13.6 Å². The van der Waals surface area contributed by atoms with Crippen LogP contribution in [-0.2, 0) is 6.42 Å². The third-order valence-corrected chi connectivity index (χ3v) is 6.17. The molecule has 0 aliphatic carbocycles. The highest BCUT2D eigenvalue weighted by atomic mass is 32.1. The van der Waals surface area contributed by atoms with Gasteiger partial charge in [0.05, 0.1) is 22.6 Å². The summed E-state index contributed by atoms with van der Waals surface area (Å²) in [7, 11) is 0. The molecule has 4 heterocycles. The Balaban J connectivity index is 1.69. The maximum absolute atomic E-state index is 14.5. The fourth-order valence-electron chi connectivity index (χ4n) is 3.52. The van der Waals surface area contributed by atoms with Crippen LogP contribution < -0.4 is 16.2 Å². The number of anilines is 1. The molecule has 10 heteroatoms. The van der Waals surface area contributed by atoms with E-state index in [0.29, 0.717) is 35.0 Å². The predicted molar refractivity (Wildman–Crippen MR) is 116 cm³/mol. The van der Waals surface area contributed by atoms with Crippen LogP contribution in [0.25, 0.3) is 32.4 Å². The lowest BCUT2D eigenvalue weighted by atomic mass is 10.1. The van der Waals surface area contributed by atoms with Gasteiger partial charge in [-0.1, -0.05) is 0 Å². The SMILES string of the molecule is NC(=O)c1ccc2c(n1)-c1sc(-c3ncc(N)nc3-c3ccc(F)cc3F)cc1CCO2. The number of primary amides is 1. The number of fused-ring (bicyclic) bond motifs is 3. The number of halogens is 2. The Morgan fingerprint density at radius 3 is 2.69 bits per heavy atom. The molecule has 4 aromatic rings. The van der Waals surface area contributed by atoms with Crippen molar-refractivity contribution in [3.63, 3.8) is 0 Å². The number of aromatic nitrogens is 3. The number of hydrogen-bond acceptors (Lipinski definition) is 7. The molecule has 1 aliphatic rings. The van der Waals surface area contributed by atoms with Gasteiger partial charge >= 0.3 is 0 Å². The van der Waals surface area contributed by atoms with Gasteiger partial charge in [-0.25, -0.2) is 23.7 Å². The summed E-state index contributed by atoms with van der Waals surface area (Å²) in [4.78, 5) is 26.2. The van der Waals surface area contributed by atoms with E-state index in [0.717, 1.165) is 22.6 Å². The summed E-state index contributed by atoms with van der Waals surface area (Å²) in [5.74, 6) is -1.46. The van der Waals surface area contributed by atoms with Crippen molar-refractivity contribution in [3.05, 3.63) is 65.5 Å². The first-order valence-corrected chi connectivity index (χ1v) is 10.4. The van der Waals surface area contributed by atoms with Gasteiger partial charge in [-0.15, -0.1) is 11.3 Å². The number of hydrogen-bond donors (Lipinski definition) is 2. The van der Waals surface area contributed by atoms with Crippen LogP contribution in [0.1, 0.15) is 16.1 Å². The molecule has 0 unspecified atom stereocenters. The van der Waals surface area contributed by atoms with E-state index in [1.54, 1.807) is 6.07 Å². The van der Waals surface area contributed by atoms with Crippen molar-refractivity contribution in [3.8, 4) is 38.1 Å². The molecule has 32 heavy (non-hydrogen) atoms. The molecule has 0 fully saturated rings. The zero-order valence-corrected chi connectivity index (χ0v) is 17.2. The van der Waals surface area contributed by atoms with E-state index in [-0.39, 0.29) is 22.8 Å². The molecule has 0 saturated heterocycles. The normalized spacial score (nSPS) is 12.4.